The normalized spacial score (nSPS) is 18.4. The van der Waals surface area contributed by atoms with Gasteiger partial charge in [0.05, 0.1) is 18.1 Å². The van der Waals surface area contributed by atoms with Crippen LogP contribution in [0.3, 0.4) is 0 Å². The Balaban J connectivity index is 1.98. The van der Waals surface area contributed by atoms with Gasteiger partial charge in [-0.25, -0.2) is 0 Å². The van der Waals surface area contributed by atoms with E-state index in [1.165, 1.54) is 5.56 Å². The van der Waals surface area contributed by atoms with E-state index in [4.69, 9.17) is 5.73 Å². The summed E-state index contributed by atoms with van der Waals surface area (Å²) in [6.45, 7) is 7.20. The number of hydrogen-bond acceptors (Lipinski definition) is 4. The van der Waals surface area contributed by atoms with Gasteiger partial charge in [0.2, 0.25) is 0 Å². The Labute approximate surface area is 118 Å². The second-order valence-corrected chi connectivity index (χ2v) is 5.06. The van der Waals surface area contributed by atoms with Gasteiger partial charge in [0.15, 0.2) is 5.96 Å². The Morgan fingerprint density at radius 3 is 3.05 bits per heavy atom. The quantitative estimate of drug-likeness (QED) is 0.868. The molecule has 0 saturated heterocycles. The van der Waals surface area contributed by atoms with Crippen LogP contribution in [0, 0.1) is 6.92 Å². The summed E-state index contributed by atoms with van der Waals surface area (Å²) in [5.74, 6) is 0.594. The second kappa shape index (κ2) is 4.96. The highest BCUT2D eigenvalue weighted by molar-refractivity contribution is 5.82. The Hall–Kier alpha value is -2.36. The van der Waals surface area contributed by atoms with E-state index in [0.717, 1.165) is 16.6 Å². The third-order valence-corrected chi connectivity index (χ3v) is 3.66. The zero-order chi connectivity index (χ0) is 14.1. The summed E-state index contributed by atoms with van der Waals surface area (Å²) in [6, 6.07) is 10.7. The molecule has 20 heavy (non-hydrogen) atoms. The summed E-state index contributed by atoms with van der Waals surface area (Å²) in [6.07, 6.45) is 1.85. The number of nitrogens with two attached hydrogens (primary N) is 1. The fourth-order valence-electron chi connectivity index (χ4n) is 2.63. The SMILES string of the molecule is C=CCN1C(N)=NCC1c1ccc2nc(C)ccc2c1. The maximum Gasteiger partial charge on any atom is 0.192 e. The number of aromatic nitrogens is 1. The van der Waals surface area contributed by atoms with Crippen molar-refractivity contribution in [3.63, 3.8) is 0 Å². The van der Waals surface area contributed by atoms with Crippen LogP contribution in [0.2, 0.25) is 0 Å². The molecule has 0 fully saturated rings. The van der Waals surface area contributed by atoms with Crippen molar-refractivity contribution in [2.24, 2.45) is 10.7 Å². The van der Waals surface area contributed by atoms with E-state index in [1.54, 1.807) is 0 Å². The molecule has 3 rings (SSSR count). The summed E-state index contributed by atoms with van der Waals surface area (Å²) >= 11 is 0. The van der Waals surface area contributed by atoms with Gasteiger partial charge in [0.25, 0.3) is 0 Å². The van der Waals surface area contributed by atoms with Crippen molar-refractivity contribution < 1.29 is 0 Å². The van der Waals surface area contributed by atoms with Crippen molar-refractivity contribution in [2.75, 3.05) is 13.1 Å². The molecule has 1 unspecified atom stereocenters. The summed E-state index contributed by atoms with van der Waals surface area (Å²) in [4.78, 5) is 11.0. The van der Waals surface area contributed by atoms with Crippen LogP contribution in [0.1, 0.15) is 17.3 Å². The Kier molecular flexibility index (Phi) is 3.14. The van der Waals surface area contributed by atoms with E-state index in [1.807, 2.05) is 19.1 Å². The monoisotopic (exact) mass is 266 g/mol. The number of guanidine groups is 1. The summed E-state index contributed by atoms with van der Waals surface area (Å²) in [7, 11) is 0. The van der Waals surface area contributed by atoms with Crippen LogP contribution >= 0.6 is 0 Å². The van der Waals surface area contributed by atoms with Crippen LogP contribution in [0.4, 0.5) is 0 Å². The average Bonchev–Trinajstić information content (AvgIpc) is 2.80. The Morgan fingerprint density at radius 1 is 1.40 bits per heavy atom. The predicted octanol–water partition coefficient (Wildman–Crippen LogP) is 2.40. The van der Waals surface area contributed by atoms with Gasteiger partial charge < -0.3 is 10.6 Å². The topological polar surface area (TPSA) is 54.5 Å². The number of aryl methyl sites for hydroxylation is 1. The predicted molar refractivity (Wildman–Crippen MR) is 82.6 cm³/mol. The summed E-state index contributed by atoms with van der Waals surface area (Å²) in [5.41, 5.74) is 9.22. The van der Waals surface area contributed by atoms with E-state index in [0.29, 0.717) is 19.0 Å². The minimum Gasteiger partial charge on any atom is -0.370 e. The molecule has 1 aromatic heterocycles. The van der Waals surface area contributed by atoms with Gasteiger partial charge in [-0.2, -0.15) is 0 Å². The van der Waals surface area contributed by atoms with Crippen molar-refractivity contribution in [2.45, 2.75) is 13.0 Å². The summed E-state index contributed by atoms with van der Waals surface area (Å²) in [5, 5.41) is 1.15. The van der Waals surface area contributed by atoms with E-state index >= 15 is 0 Å². The van der Waals surface area contributed by atoms with E-state index in [9.17, 15) is 0 Å². The number of pyridine rings is 1. The average molecular weight is 266 g/mol. The smallest absolute Gasteiger partial charge is 0.192 e. The lowest BCUT2D eigenvalue weighted by Crippen LogP contribution is -2.36. The van der Waals surface area contributed by atoms with Gasteiger partial charge in [-0.1, -0.05) is 18.2 Å². The highest BCUT2D eigenvalue weighted by atomic mass is 15.3. The lowest BCUT2D eigenvalue weighted by Gasteiger charge is -2.25. The van der Waals surface area contributed by atoms with Crippen LogP contribution in [-0.4, -0.2) is 28.9 Å². The first-order valence-electron chi connectivity index (χ1n) is 6.74. The number of hydrogen-bond donors (Lipinski definition) is 1. The van der Waals surface area contributed by atoms with Crippen molar-refractivity contribution in [3.05, 3.63) is 54.2 Å². The zero-order valence-corrected chi connectivity index (χ0v) is 11.6. The van der Waals surface area contributed by atoms with Crippen LogP contribution in [-0.2, 0) is 0 Å². The van der Waals surface area contributed by atoms with E-state index in [2.05, 4.69) is 45.7 Å². The third-order valence-electron chi connectivity index (χ3n) is 3.66. The second-order valence-electron chi connectivity index (χ2n) is 5.06. The first kappa shape index (κ1) is 12.7. The molecule has 1 aliphatic rings. The number of benzene rings is 1. The maximum atomic E-state index is 5.94. The van der Waals surface area contributed by atoms with Gasteiger partial charge >= 0.3 is 0 Å². The summed E-state index contributed by atoms with van der Waals surface area (Å²) < 4.78 is 0. The number of fused-ring (bicyclic) bond motifs is 1. The molecule has 4 heteroatoms. The molecule has 0 spiro atoms. The van der Waals surface area contributed by atoms with Crippen LogP contribution in [0.5, 0.6) is 0 Å². The number of aliphatic imine (C=N–C) groups is 1. The molecular weight excluding hydrogens is 248 g/mol. The number of rotatable bonds is 3. The molecule has 0 amide bonds. The molecule has 0 saturated carbocycles. The Bertz CT molecular complexity index is 690. The Morgan fingerprint density at radius 2 is 2.25 bits per heavy atom. The van der Waals surface area contributed by atoms with Crippen LogP contribution < -0.4 is 5.73 Å². The maximum absolute atomic E-state index is 5.94. The first-order chi connectivity index (χ1) is 9.69. The molecule has 2 aromatic rings. The lowest BCUT2D eigenvalue weighted by atomic mass is 10.0. The zero-order valence-electron chi connectivity index (χ0n) is 11.6. The van der Waals surface area contributed by atoms with Crippen LogP contribution in [0.25, 0.3) is 10.9 Å². The first-order valence-corrected chi connectivity index (χ1v) is 6.74. The molecule has 2 N–H and O–H groups in total. The molecule has 0 aliphatic carbocycles. The van der Waals surface area contributed by atoms with Gasteiger partial charge in [-0.15, -0.1) is 6.58 Å². The van der Waals surface area contributed by atoms with Crippen LogP contribution in [0.15, 0.2) is 48.0 Å². The van der Waals surface area contributed by atoms with Gasteiger partial charge in [0, 0.05) is 17.6 Å². The van der Waals surface area contributed by atoms with E-state index < -0.39 is 0 Å². The minimum atomic E-state index is 0.193. The molecule has 0 bridgehead atoms. The van der Waals surface area contributed by atoms with Gasteiger partial charge in [-0.3, -0.25) is 9.98 Å². The molecule has 1 aliphatic heterocycles. The molecule has 1 aromatic carbocycles. The standard InChI is InChI=1S/C16H18N4/c1-3-8-20-15(10-18-16(20)17)13-6-7-14-12(9-13)5-4-11(2)19-14/h3-7,9,15H,1,8,10H2,2H3,(H2,17,18). The molecule has 2 heterocycles. The van der Waals surface area contributed by atoms with Gasteiger partial charge in [0.1, 0.15) is 0 Å². The van der Waals surface area contributed by atoms with Gasteiger partial charge in [-0.05, 0) is 30.7 Å². The minimum absolute atomic E-state index is 0.193. The molecule has 1 atom stereocenters. The van der Waals surface area contributed by atoms with Crippen molar-refractivity contribution >= 4 is 16.9 Å². The highest BCUT2D eigenvalue weighted by Gasteiger charge is 2.26. The van der Waals surface area contributed by atoms with Crippen molar-refractivity contribution in [1.29, 1.82) is 0 Å². The third kappa shape index (κ3) is 2.13. The highest BCUT2D eigenvalue weighted by Crippen LogP contribution is 2.27. The molecule has 0 radical (unpaired) electrons. The lowest BCUT2D eigenvalue weighted by molar-refractivity contribution is 0.380. The molecule has 102 valence electrons. The fraction of sp³-hybridized carbons (Fsp3) is 0.250. The number of nitrogens with zero attached hydrogens (tertiary/aromatic N) is 3. The molecular formula is C16H18N4. The molecule has 4 nitrogen and oxygen atoms in total. The van der Waals surface area contributed by atoms with Crippen molar-refractivity contribution in [3.8, 4) is 0 Å². The van der Waals surface area contributed by atoms with Crippen molar-refractivity contribution in [1.82, 2.24) is 9.88 Å². The fourth-order valence-corrected chi connectivity index (χ4v) is 2.63. The van der Waals surface area contributed by atoms with E-state index in [-0.39, 0.29) is 6.04 Å². The largest absolute Gasteiger partial charge is 0.370 e.